The second kappa shape index (κ2) is 5.79. The van der Waals surface area contributed by atoms with Gasteiger partial charge in [0.05, 0.1) is 11.4 Å². The summed E-state index contributed by atoms with van der Waals surface area (Å²) in [6, 6.07) is 4.11. The summed E-state index contributed by atoms with van der Waals surface area (Å²) in [6.07, 6.45) is 2.36. The summed E-state index contributed by atoms with van der Waals surface area (Å²) >= 11 is 5.57. The molecule has 108 valence electrons. The van der Waals surface area contributed by atoms with Gasteiger partial charge in [0.25, 0.3) is 0 Å². The molecule has 20 heavy (non-hydrogen) atoms. The van der Waals surface area contributed by atoms with Gasteiger partial charge in [0.15, 0.2) is 0 Å². The zero-order valence-corrected chi connectivity index (χ0v) is 11.5. The fourth-order valence-corrected chi connectivity index (χ4v) is 2.63. The number of carbonyl (C=O) groups excluding carboxylic acids is 1. The Morgan fingerprint density at radius 1 is 1.35 bits per heavy atom. The first kappa shape index (κ1) is 14.8. The van der Waals surface area contributed by atoms with Gasteiger partial charge >= 0.3 is 5.97 Å². The third-order valence-corrected chi connectivity index (χ3v) is 3.90. The highest BCUT2D eigenvalue weighted by atomic mass is 35.5. The molecule has 0 aliphatic heterocycles. The van der Waals surface area contributed by atoms with Gasteiger partial charge in [-0.3, -0.25) is 4.79 Å². The minimum Gasteiger partial charge on any atom is -0.480 e. The molecule has 1 aliphatic carbocycles. The molecule has 0 bridgehead atoms. The highest BCUT2D eigenvalue weighted by Crippen LogP contribution is 2.30. The Morgan fingerprint density at radius 3 is 2.55 bits per heavy atom. The first-order chi connectivity index (χ1) is 9.43. The van der Waals surface area contributed by atoms with Crippen molar-refractivity contribution in [3.8, 4) is 0 Å². The van der Waals surface area contributed by atoms with E-state index in [1.165, 1.54) is 12.1 Å². The summed E-state index contributed by atoms with van der Waals surface area (Å²) < 4.78 is 13.3. The minimum absolute atomic E-state index is 0.00745. The van der Waals surface area contributed by atoms with E-state index in [2.05, 4.69) is 5.32 Å². The first-order valence-electron chi connectivity index (χ1n) is 6.41. The zero-order chi connectivity index (χ0) is 14.8. The van der Waals surface area contributed by atoms with Crippen LogP contribution in [0, 0.1) is 5.82 Å². The zero-order valence-electron chi connectivity index (χ0n) is 10.8. The number of halogens is 2. The van der Waals surface area contributed by atoms with E-state index < -0.39 is 23.2 Å². The van der Waals surface area contributed by atoms with Crippen LogP contribution in [0.4, 0.5) is 4.39 Å². The van der Waals surface area contributed by atoms with E-state index in [0.29, 0.717) is 18.4 Å². The van der Waals surface area contributed by atoms with Crippen LogP contribution in [0.5, 0.6) is 0 Å². The molecular formula is C14H15ClFNO3. The number of carboxylic acid groups (broad SMARTS) is 1. The van der Waals surface area contributed by atoms with E-state index in [-0.39, 0.29) is 11.4 Å². The van der Waals surface area contributed by atoms with Crippen LogP contribution in [0.2, 0.25) is 5.02 Å². The maximum absolute atomic E-state index is 13.3. The largest absolute Gasteiger partial charge is 0.480 e. The van der Waals surface area contributed by atoms with Crippen molar-refractivity contribution in [1.29, 1.82) is 0 Å². The number of rotatable bonds is 4. The Kier molecular flexibility index (Phi) is 4.28. The number of aliphatic carboxylic acids is 1. The molecule has 1 aromatic carbocycles. The molecular weight excluding hydrogens is 285 g/mol. The van der Waals surface area contributed by atoms with Crippen molar-refractivity contribution in [2.75, 3.05) is 0 Å². The third kappa shape index (κ3) is 3.10. The number of amides is 1. The van der Waals surface area contributed by atoms with Crippen LogP contribution in [0.3, 0.4) is 0 Å². The average molecular weight is 300 g/mol. The quantitative estimate of drug-likeness (QED) is 0.898. The Hall–Kier alpha value is -1.62. The van der Waals surface area contributed by atoms with Crippen LogP contribution in [0.15, 0.2) is 18.2 Å². The summed E-state index contributed by atoms with van der Waals surface area (Å²) in [6.45, 7) is 0. The van der Waals surface area contributed by atoms with Crippen LogP contribution in [0.25, 0.3) is 0 Å². The molecule has 2 N–H and O–H groups in total. The predicted octanol–water partition coefficient (Wildman–Crippen LogP) is 2.54. The van der Waals surface area contributed by atoms with E-state index in [0.717, 1.165) is 12.8 Å². The van der Waals surface area contributed by atoms with Crippen molar-refractivity contribution < 1.29 is 19.1 Å². The van der Waals surface area contributed by atoms with Crippen LogP contribution in [0.1, 0.15) is 31.2 Å². The fraction of sp³-hybridized carbons (Fsp3) is 0.429. The van der Waals surface area contributed by atoms with Gasteiger partial charge in [0, 0.05) is 0 Å². The molecule has 1 aromatic rings. The third-order valence-electron chi connectivity index (χ3n) is 3.59. The van der Waals surface area contributed by atoms with Gasteiger partial charge in [-0.2, -0.15) is 0 Å². The monoisotopic (exact) mass is 299 g/mol. The topological polar surface area (TPSA) is 66.4 Å². The van der Waals surface area contributed by atoms with Crippen LogP contribution < -0.4 is 5.32 Å². The lowest BCUT2D eigenvalue weighted by molar-refractivity contribution is -0.147. The SMILES string of the molecule is O=C(Cc1ccc(Cl)c(F)c1)NC1(C(=O)O)CCCC1. The Morgan fingerprint density at radius 2 is 2.00 bits per heavy atom. The molecule has 0 heterocycles. The lowest BCUT2D eigenvalue weighted by atomic mass is 9.97. The smallest absolute Gasteiger partial charge is 0.329 e. The van der Waals surface area contributed by atoms with Crippen LogP contribution in [-0.4, -0.2) is 22.5 Å². The molecule has 0 atom stereocenters. The van der Waals surface area contributed by atoms with Gasteiger partial charge in [-0.25, -0.2) is 9.18 Å². The van der Waals surface area contributed by atoms with Gasteiger partial charge in [-0.1, -0.05) is 30.5 Å². The van der Waals surface area contributed by atoms with Gasteiger partial charge in [-0.05, 0) is 30.5 Å². The van der Waals surface area contributed by atoms with Crippen molar-refractivity contribution >= 4 is 23.5 Å². The van der Waals surface area contributed by atoms with Gasteiger partial charge in [0.1, 0.15) is 11.4 Å². The van der Waals surface area contributed by atoms with Crippen molar-refractivity contribution in [3.63, 3.8) is 0 Å². The summed E-state index contributed by atoms with van der Waals surface area (Å²) in [5, 5.41) is 11.8. The van der Waals surface area contributed by atoms with Crippen molar-refractivity contribution in [2.45, 2.75) is 37.6 Å². The molecule has 0 aromatic heterocycles. The van der Waals surface area contributed by atoms with E-state index in [1.54, 1.807) is 6.07 Å². The number of hydrogen-bond acceptors (Lipinski definition) is 2. The maximum Gasteiger partial charge on any atom is 0.329 e. The molecule has 0 radical (unpaired) electrons. The normalized spacial score (nSPS) is 16.9. The van der Waals surface area contributed by atoms with Gasteiger partial charge in [-0.15, -0.1) is 0 Å². The van der Waals surface area contributed by atoms with Gasteiger partial charge in [0.2, 0.25) is 5.91 Å². The van der Waals surface area contributed by atoms with Crippen molar-refractivity contribution in [1.82, 2.24) is 5.32 Å². The second-order valence-electron chi connectivity index (χ2n) is 5.07. The first-order valence-corrected chi connectivity index (χ1v) is 6.79. The summed E-state index contributed by atoms with van der Waals surface area (Å²) in [5.41, 5.74) is -0.704. The number of carbonyl (C=O) groups is 2. The summed E-state index contributed by atoms with van der Waals surface area (Å²) in [5.74, 6) is -2.02. The number of nitrogens with one attached hydrogen (secondary N) is 1. The Bertz CT molecular complexity index is 541. The molecule has 1 amide bonds. The Labute approximate surface area is 120 Å². The lowest BCUT2D eigenvalue weighted by Gasteiger charge is -2.25. The highest BCUT2D eigenvalue weighted by Gasteiger charge is 2.42. The summed E-state index contributed by atoms with van der Waals surface area (Å²) in [7, 11) is 0. The molecule has 6 heteroatoms. The molecule has 0 saturated heterocycles. The molecule has 1 fully saturated rings. The predicted molar refractivity (Wildman–Crippen MR) is 72.1 cm³/mol. The minimum atomic E-state index is -1.16. The van der Waals surface area contributed by atoms with E-state index >= 15 is 0 Å². The molecule has 1 aliphatic rings. The fourth-order valence-electron chi connectivity index (χ4n) is 2.52. The van der Waals surface area contributed by atoms with Crippen LogP contribution in [-0.2, 0) is 16.0 Å². The molecule has 0 unspecified atom stereocenters. The van der Waals surface area contributed by atoms with E-state index in [4.69, 9.17) is 11.6 Å². The number of benzene rings is 1. The second-order valence-corrected chi connectivity index (χ2v) is 5.47. The van der Waals surface area contributed by atoms with Crippen molar-refractivity contribution in [3.05, 3.63) is 34.6 Å². The van der Waals surface area contributed by atoms with Gasteiger partial charge < -0.3 is 10.4 Å². The van der Waals surface area contributed by atoms with Crippen LogP contribution >= 0.6 is 11.6 Å². The molecule has 0 spiro atoms. The summed E-state index contributed by atoms with van der Waals surface area (Å²) in [4.78, 5) is 23.3. The number of hydrogen-bond donors (Lipinski definition) is 2. The van der Waals surface area contributed by atoms with E-state index in [9.17, 15) is 19.1 Å². The number of carboxylic acids is 1. The standard InChI is InChI=1S/C14H15ClFNO3/c15-10-4-3-9(7-11(10)16)8-12(18)17-14(13(19)20)5-1-2-6-14/h3-4,7H,1-2,5-6,8H2,(H,17,18)(H,19,20). The maximum atomic E-state index is 13.3. The lowest BCUT2D eigenvalue weighted by Crippen LogP contribution is -2.52. The average Bonchev–Trinajstić information content (AvgIpc) is 2.83. The molecule has 2 rings (SSSR count). The molecule has 1 saturated carbocycles. The van der Waals surface area contributed by atoms with Crippen molar-refractivity contribution in [2.24, 2.45) is 0 Å². The Balaban J connectivity index is 2.04. The van der Waals surface area contributed by atoms with E-state index in [1.807, 2.05) is 0 Å². The molecule has 4 nitrogen and oxygen atoms in total. The highest BCUT2D eigenvalue weighted by molar-refractivity contribution is 6.30.